The van der Waals surface area contributed by atoms with Crippen LogP contribution >= 0.6 is 0 Å². The molecule has 4 heteroatoms. The average Bonchev–Trinajstić information content (AvgIpc) is 2.34. The van der Waals surface area contributed by atoms with Crippen molar-refractivity contribution < 1.29 is 14.6 Å². The molecule has 0 fully saturated rings. The molecule has 0 bridgehead atoms. The third-order valence-corrected chi connectivity index (χ3v) is 2.93. The minimum Gasteiger partial charge on any atom is -0.496 e. The number of hydrogen-bond acceptors (Lipinski definition) is 3. The topological polar surface area (TPSA) is 49.8 Å². The Morgan fingerprint density at radius 3 is 2.71 bits per heavy atom. The normalized spacial score (nSPS) is 12.5. The van der Waals surface area contributed by atoms with E-state index in [1.807, 2.05) is 43.1 Å². The molecule has 0 amide bonds. The summed E-state index contributed by atoms with van der Waals surface area (Å²) in [5, 5.41) is 8.66. The molecule has 0 heterocycles. The Morgan fingerprint density at radius 2 is 2.12 bits per heavy atom. The smallest absolute Gasteiger partial charge is 0.304 e. The minimum absolute atomic E-state index is 0.130. The average molecular weight is 237 g/mol. The summed E-state index contributed by atoms with van der Waals surface area (Å²) in [5.74, 6) is 0.0613. The number of carboxylic acid groups (broad SMARTS) is 1. The van der Waals surface area contributed by atoms with Crippen LogP contribution in [0, 0.1) is 0 Å². The van der Waals surface area contributed by atoms with Crippen molar-refractivity contribution in [3.63, 3.8) is 0 Å². The monoisotopic (exact) mass is 237 g/mol. The van der Waals surface area contributed by atoms with E-state index in [4.69, 9.17) is 9.84 Å². The molecular formula is C13H19NO3. The second-order valence-electron chi connectivity index (χ2n) is 4.04. The fourth-order valence-corrected chi connectivity index (χ4v) is 1.71. The van der Waals surface area contributed by atoms with Gasteiger partial charge in [-0.15, -0.1) is 0 Å². The van der Waals surface area contributed by atoms with Gasteiger partial charge >= 0.3 is 5.97 Å². The van der Waals surface area contributed by atoms with Gasteiger partial charge < -0.3 is 9.84 Å². The Bertz CT molecular complexity index is 379. The van der Waals surface area contributed by atoms with Crippen LogP contribution in [0.25, 0.3) is 0 Å². The van der Waals surface area contributed by atoms with Crippen molar-refractivity contribution in [2.45, 2.75) is 19.4 Å². The zero-order valence-corrected chi connectivity index (χ0v) is 10.5. The van der Waals surface area contributed by atoms with E-state index < -0.39 is 5.97 Å². The molecule has 17 heavy (non-hydrogen) atoms. The number of methoxy groups -OCH3 is 1. The summed E-state index contributed by atoms with van der Waals surface area (Å²) < 4.78 is 5.30. The van der Waals surface area contributed by atoms with Crippen LogP contribution < -0.4 is 4.74 Å². The van der Waals surface area contributed by atoms with Crippen molar-refractivity contribution in [3.05, 3.63) is 29.8 Å². The van der Waals surface area contributed by atoms with E-state index in [2.05, 4.69) is 0 Å². The summed E-state index contributed by atoms with van der Waals surface area (Å²) in [7, 11) is 3.56. The number of ether oxygens (including phenoxy) is 1. The summed E-state index contributed by atoms with van der Waals surface area (Å²) in [6.07, 6.45) is 0.149. The molecule has 0 saturated heterocycles. The van der Waals surface area contributed by atoms with E-state index in [1.54, 1.807) is 7.11 Å². The van der Waals surface area contributed by atoms with Crippen LogP contribution in [0.5, 0.6) is 5.75 Å². The highest BCUT2D eigenvalue weighted by molar-refractivity contribution is 5.66. The van der Waals surface area contributed by atoms with E-state index >= 15 is 0 Å². The van der Waals surface area contributed by atoms with E-state index in [9.17, 15) is 4.79 Å². The maximum Gasteiger partial charge on any atom is 0.304 e. The Morgan fingerprint density at radius 1 is 1.47 bits per heavy atom. The highest BCUT2D eigenvalue weighted by Crippen LogP contribution is 2.27. The molecule has 0 saturated carbocycles. The second-order valence-corrected chi connectivity index (χ2v) is 4.04. The van der Waals surface area contributed by atoms with Gasteiger partial charge in [0.05, 0.1) is 13.5 Å². The molecule has 0 spiro atoms. The lowest BCUT2D eigenvalue weighted by molar-refractivity contribution is -0.137. The van der Waals surface area contributed by atoms with Crippen LogP contribution in [0.4, 0.5) is 0 Å². The van der Waals surface area contributed by atoms with Crippen molar-refractivity contribution in [2.75, 3.05) is 20.7 Å². The fourth-order valence-electron chi connectivity index (χ4n) is 1.71. The minimum atomic E-state index is -0.774. The largest absolute Gasteiger partial charge is 0.496 e. The van der Waals surface area contributed by atoms with Crippen molar-refractivity contribution >= 4 is 5.97 Å². The zero-order valence-electron chi connectivity index (χ0n) is 10.5. The van der Waals surface area contributed by atoms with Gasteiger partial charge in [-0.2, -0.15) is 0 Å². The van der Waals surface area contributed by atoms with Crippen LogP contribution in [0.1, 0.15) is 24.9 Å². The van der Waals surface area contributed by atoms with Gasteiger partial charge in [-0.3, -0.25) is 9.69 Å². The number of aliphatic carboxylic acids is 1. The molecule has 1 atom stereocenters. The fraction of sp³-hybridized carbons (Fsp3) is 0.462. The van der Waals surface area contributed by atoms with Crippen molar-refractivity contribution in [1.29, 1.82) is 0 Å². The van der Waals surface area contributed by atoms with Gasteiger partial charge in [0.25, 0.3) is 0 Å². The summed E-state index contributed by atoms with van der Waals surface area (Å²) in [4.78, 5) is 12.5. The first kappa shape index (κ1) is 13.5. The van der Waals surface area contributed by atoms with Crippen molar-refractivity contribution in [3.8, 4) is 5.75 Å². The number of hydrogen-bond donors (Lipinski definition) is 1. The van der Waals surface area contributed by atoms with Gasteiger partial charge in [0.2, 0.25) is 0 Å². The van der Waals surface area contributed by atoms with Crippen LogP contribution in [0.2, 0.25) is 0 Å². The van der Waals surface area contributed by atoms with Crippen LogP contribution in [0.3, 0.4) is 0 Å². The summed E-state index contributed by atoms with van der Waals surface area (Å²) >= 11 is 0. The number of nitrogens with zero attached hydrogens (tertiary/aromatic N) is 1. The zero-order chi connectivity index (χ0) is 12.8. The quantitative estimate of drug-likeness (QED) is 0.823. The standard InChI is InChI=1S/C13H19NO3/c1-10(14(2)9-8-13(15)16)11-6-4-5-7-12(11)17-3/h4-7,10H,8-9H2,1-3H3,(H,15,16). The Hall–Kier alpha value is -1.55. The van der Waals surface area contributed by atoms with Crippen molar-refractivity contribution in [2.24, 2.45) is 0 Å². The molecular weight excluding hydrogens is 218 g/mol. The van der Waals surface area contributed by atoms with Gasteiger partial charge in [0.1, 0.15) is 5.75 Å². The molecule has 0 aromatic heterocycles. The lowest BCUT2D eigenvalue weighted by Gasteiger charge is -2.25. The molecule has 0 aliphatic carbocycles. The van der Waals surface area contributed by atoms with Crippen LogP contribution in [-0.4, -0.2) is 36.7 Å². The maximum absolute atomic E-state index is 10.5. The predicted molar refractivity (Wildman–Crippen MR) is 66.3 cm³/mol. The SMILES string of the molecule is COc1ccccc1C(C)N(C)CCC(=O)O. The molecule has 0 aliphatic rings. The van der Waals surface area contributed by atoms with Gasteiger partial charge in [-0.05, 0) is 20.0 Å². The summed E-state index contributed by atoms with van der Waals surface area (Å²) in [6, 6.07) is 7.93. The molecule has 1 aromatic carbocycles. The molecule has 1 unspecified atom stereocenters. The highest BCUT2D eigenvalue weighted by Gasteiger charge is 2.15. The molecule has 1 rings (SSSR count). The Kier molecular flexibility index (Phi) is 4.97. The Balaban J connectivity index is 2.73. The van der Waals surface area contributed by atoms with Gasteiger partial charge in [0, 0.05) is 18.2 Å². The predicted octanol–water partition coefficient (Wildman–Crippen LogP) is 2.16. The van der Waals surface area contributed by atoms with Crippen LogP contribution in [0.15, 0.2) is 24.3 Å². The first-order valence-corrected chi connectivity index (χ1v) is 5.61. The van der Waals surface area contributed by atoms with E-state index in [-0.39, 0.29) is 12.5 Å². The number of para-hydroxylation sites is 1. The lowest BCUT2D eigenvalue weighted by atomic mass is 10.1. The first-order chi connectivity index (χ1) is 8.06. The molecule has 1 N–H and O–H groups in total. The van der Waals surface area contributed by atoms with Gasteiger partial charge in [-0.25, -0.2) is 0 Å². The van der Waals surface area contributed by atoms with Gasteiger partial charge in [-0.1, -0.05) is 18.2 Å². The highest BCUT2D eigenvalue weighted by atomic mass is 16.5. The van der Waals surface area contributed by atoms with Crippen molar-refractivity contribution in [1.82, 2.24) is 4.90 Å². The van der Waals surface area contributed by atoms with Gasteiger partial charge in [0.15, 0.2) is 0 Å². The third kappa shape index (κ3) is 3.75. The number of rotatable bonds is 6. The summed E-state index contributed by atoms with van der Waals surface area (Å²) in [5.41, 5.74) is 1.07. The van der Waals surface area contributed by atoms with E-state index in [0.29, 0.717) is 6.54 Å². The number of benzene rings is 1. The molecule has 0 radical (unpaired) electrons. The second kappa shape index (κ2) is 6.25. The third-order valence-electron chi connectivity index (χ3n) is 2.93. The maximum atomic E-state index is 10.5. The molecule has 0 aliphatic heterocycles. The molecule has 94 valence electrons. The number of carbonyl (C=O) groups is 1. The first-order valence-electron chi connectivity index (χ1n) is 5.61. The molecule has 4 nitrogen and oxygen atoms in total. The lowest BCUT2D eigenvalue weighted by Crippen LogP contribution is -2.25. The van der Waals surface area contributed by atoms with Crippen LogP contribution in [-0.2, 0) is 4.79 Å². The Labute approximate surface area is 102 Å². The number of carboxylic acids is 1. The van der Waals surface area contributed by atoms with E-state index in [1.165, 1.54) is 0 Å². The summed E-state index contributed by atoms with van der Waals surface area (Å²) in [6.45, 7) is 2.56. The van der Waals surface area contributed by atoms with E-state index in [0.717, 1.165) is 11.3 Å². The molecule has 1 aromatic rings.